The molecule has 6 heteroatoms. The fourth-order valence-corrected chi connectivity index (χ4v) is 1.86. The third-order valence-corrected chi connectivity index (χ3v) is 2.84. The quantitative estimate of drug-likeness (QED) is 0.899. The number of aromatic nitrogens is 2. The fraction of sp³-hybridized carbons (Fsp3) is 0.182. The largest absolute Gasteiger partial charge is 0.486 e. The summed E-state index contributed by atoms with van der Waals surface area (Å²) in [6, 6.07) is 6.25. The van der Waals surface area contributed by atoms with Gasteiger partial charge >= 0.3 is 5.97 Å². The fourth-order valence-electron chi connectivity index (χ4n) is 1.23. The number of carboxylic acids is 1. The zero-order valence-corrected chi connectivity index (χ0v) is 9.90. The molecule has 1 N–H and O–H groups in total. The lowest BCUT2D eigenvalue weighted by atomic mass is 10.2. The van der Waals surface area contributed by atoms with E-state index in [1.165, 1.54) is 23.5 Å². The molecule has 0 amide bonds. The van der Waals surface area contributed by atoms with Gasteiger partial charge in [0.2, 0.25) is 0 Å². The summed E-state index contributed by atoms with van der Waals surface area (Å²) in [6.07, 6.45) is 0. The Morgan fingerprint density at radius 2 is 2.06 bits per heavy atom. The van der Waals surface area contributed by atoms with Crippen LogP contribution in [-0.4, -0.2) is 21.3 Å². The number of rotatable bonds is 4. The Morgan fingerprint density at radius 1 is 1.35 bits per heavy atom. The van der Waals surface area contributed by atoms with Crippen LogP contribution in [0.5, 0.6) is 5.75 Å². The minimum Gasteiger partial charge on any atom is -0.486 e. The van der Waals surface area contributed by atoms with Crippen molar-refractivity contribution in [3.63, 3.8) is 0 Å². The van der Waals surface area contributed by atoms with E-state index in [4.69, 9.17) is 9.84 Å². The molecule has 5 nitrogen and oxygen atoms in total. The first-order valence-electron chi connectivity index (χ1n) is 4.90. The minimum atomic E-state index is -0.948. The number of hydrogen-bond donors (Lipinski definition) is 1. The van der Waals surface area contributed by atoms with E-state index >= 15 is 0 Å². The second kappa shape index (κ2) is 4.92. The number of nitrogens with zero attached hydrogens (tertiary/aromatic N) is 2. The molecule has 0 saturated heterocycles. The minimum absolute atomic E-state index is 0.240. The van der Waals surface area contributed by atoms with Crippen LogP contribution in [0.4, 0.5) is 0 Å². The first-order chi connectivity index (χ1) is 8.15. The second-order valence-corrected chi connectivity index (χ2v) is 4.60. The van der Waals surface area contributed by atoms with Crippen molar-refractivity contribution in [2.75, 3.05) is 0 Å². The van der Waals surface area contributed by atoms with E-state index in [9.17, 15) is 4.79 Å². The number of carbonyl (C=O) groups is 1. The van der Waals surface area contributed by atoms with Crippen LogP contribution in [0.3, 0.4) is 0 Å². The molecule has 2 rings (SSSR count). The van der Waals surface area contributed by atoms with Crippen molar-refractivity contribution in [2.45, 2.75) is 13.5 Å². The molecule has 2 aromatic rings. The number of aryl methyl sites for hydroxylation is 1. The maximum absolute atomic E-state index is 10.6. The Kier molecular flexibility index (Phi) is 3.34. The third-order valence-electron chi connectivity index (χ3n) is 2.03. The molecule has 88 valence electrons. The van der Waals surface area contributed by atoms with Crippen molar-refractivity contribution in [1.82, 2.24) is 10.2 Å². The van der Waals surface area contributed by atoms with Crippen LogP contribution in [0.2, 0.25) is 0 Å². The lowest BCUT2D eigenvalue weighted by Gasteiger charge is -2.03. The SMILES string of the molecule is Cc1nnc(COc2ccc(C(=O)O)cc2)s1. The summed E-state index contributed by atoms with van der Waals surface area (Å²) in [5.41, 5.74) is 0.240. The topological polar surface area (TPSA) is 72.3 Å². The van der Waals surface area contributed by atoms with Crippen molar-refractivity contribution >= 4 is 17.3 Å². The summed E-state index contributed by atoms with van der Waals surface area (Å²) in [6.45, 7) is 2.22. The number of ether oxygens (including phenoxy) is 1. The highest BCUT2D eigenvalue weighted by atomic mass is 32.1. The molecule has 0 aliphatic rings. The first-order valence-corrected chi connectivity index (χ1v) is 5.72. The van der Waals surface area contributed by atoms with Gasteiger partial charge in [0.1, 0.15) is 17.4 Å². The Balaban J connectivity index is 1.97. The standard InChI is InChI=1S/C11H10N2O3S/c1-7-12-13-10(17-7)6-16-9-4-2-8(3-5-9)11(14)15/h2-5H,6H2,1H3,(H,14,15). The zero-order chi connectivity index (χ0) is 12.3. The van der Waals surface area contributed by atoms with Gasteiger partial charge in [-0.2, -0.15) is 0 Å². The van der Waals surface area contributed by atoms with Gasteiger partial charge in [-0.25, -0.2) is 4.79 Å². The monoisotopic (exact) mass is 250 g/mol. The highest BCUT2D eigenvalue weighted by molar-refractivity contribution is 7.11. The number of aromatic carboxylic acids is 1. The van der Waals surface area contributed by atoms with Crippen LogP contribution in [0.1, 0.15) is 20.4 Å². The Labute approximate surface area is 102 Å². The van der Waals surface area contributed by atoms with E-state index in [1.807, 2.05) is 6.92 Å². The Bertz CT molecular complexity index is 522. The van der Waals surface area contributed by atoms with Crippen LogP contribution < -0.4 is 4.74 Å². The van der Waals surface area contributed by atoms with Gasteiger partial charge in [0, 0.05) is 0 Å². The van der Waals surface area contributed by atoms with E-state index in [2.05, 4.69) is 10.2 Å². The first kappa shape index (κ1) is 11.5. The average Bonchev–Trinajstić information content (AvgIpc) is 2.73. The van der Waals surface area contributed by atoms with Crippen LogP contribution >= 0.6 is 11.3 Å². The number of benzene rings is 1. The van der Waals surface area contributed by atoms with Gasteiger partial charge in [-0.3, -0.25) is 0 Å². The number of carboxylic acid groups (broad SMARTS) is 1. The average molecular weight is 250 g/mol. The summed E-state index contributed by atoms with van der Waals surface area (Å²) in [7, 11) is 0. The predicted molar refractivity (Wildman–Crippen MR) is 62.4 cm³/mol. The van der Waals surface area contributed by atoms with E-state index in [0.29, 0.717) is 12.4 Å². The molecule has 0 aliphatic heterocycles. The maximum Gasteiger partial charge on any atom is 0.335 e. The van der Waals surface area contributed by atoms with Crippen molar-refractivity contribution < 1.29 is 14.6 Å². The number of hydrogen-bond acceptors (Lipinski definition) is 5. The highest BCUT2D eigenvalue weighted by Gasteiger charge is 2.04. The molecule has 1 aromatic carbocycles. The van der Waals surface area contributed by atoms with Crippen LogP contribution in [0.25, 0.3) is 0 Å². The van der Waals surface area contributed by atoms with Gasteiger partial charge in [0.25, 0.3) is 0 Å². The summed E-state index contributed by atoms with van der Waals surface area (Å²) >= 11 is 1.47. The van der Waals surface area contributed by atoms with Gasteiger partial charge in [0.15, 0.2) is 5.01 Å². The summed E-state index contributed by atoms with van der Waals surface area (Å²) in [5, 5.41) is 18.2. The van der Waals surface area contributed by atoms with Crippen LogP contribution in [0, 0.1) is 6.92 Å². The van der Waals surface area contributed by atoms with Gasteiger partial charge < -0.3 is 9.84 Å². The molecule has 1 aromatic heterocycles. The van der Waals surface area contributed by atoms with Gasteiger partial charge in [0.05, 0.1) is 5.56 Å². The summed E-state index contributed by atoms with van der Waals surface area (Å²) in [5.74, 6) is -0.334. The Morgan fingerprint density at radius 3 is 2.59 bits per heavy atom. The summed E-state index contributed by atoms with van der Waals surface area (Å²) < 4.78 is 5.46. The molecule has 0 unspecified atom stereocenters. The maximum atomic E-state index is 10.6. The molecule has 0 spiro atoms. The van der Waals surface area contributed by atoms with Crippen LogP contribution in [0.15, 0.2) is 24.3 Å². The smallest absolute Gasteiger partial charge is 0.335 e. The van der Waals surface area contributed by atoms with E-state index < -0.39 is 5.97 Å². The lowest BCUT2D eigenvalue weighted by molar-refractivity contribution is 0.0697. The highest BCUT2D eigenvalue weighted by Crippen LogP contribution is 2.15. The van der Waals surface area contributed by atoms with E-state index in [0.717, 1.165) is 10.0 Å². The van der Waals surface area contributed by atoms with Crippen molar-refractivity contribution in [3.8, 4) is 5.75 Å². The van der Waals surface area contributed by atoms with Crippen molar-refractivity contribution in [2.24, 2.45) is 0 Å². The van der Waals surface area contributed by atoms with E-state index in [-0.39, 0.29) is 5.56 Å². The second-order valence-electron chi connectivity index (χ2n) is 3.33. The molecule has 0 radical (unpaired) electrons. The van der Waals surface area contributed by atoms with Gasteiger partial charge in [-0.1, -0.05) is 11.3 Å². The molecular weight excluding hydrogens is 240 g/mol. The lowest BCUT2D eigenvalue weighted by Crippen LogP contribution is -1.97. The molecule has 0 fully saturated rings. The summed E-state index contributed by atoms with van der Waals surface area (Å²) in [4.78, 5) is 10.6. The van der Waals surface area contributed by atoms with Crippen LogP contribution in [-0.2, 0) is 6.61 Å². The third kappa shape index (κ3) is 3.01. The van der Waals surface area contributed by atoms with Crippen molar-refractivity contribution in [1.29, 1.82) is 0 Å². The van der Waals surface area contributed by atoms with Gasteiger partial charge in [-0.15, -0.1) is 10.2 Å². The van der Waals surface area contributed by atoms with Crippen molar-refractivity contribution in [3.05, 3.63) is 39.8 Å². The molecule has 0 saturated carbocycles. The molecule has 17 heavy (non-hydrogen) atoms. The molecule has 0 bridgehead atoms. The molecule has 0 aliphatic carbocycles. The zero-order valence-electron chi connectivity index (χ0n) is 9.08. The Hall–Kier alpha value is -1.95. The predicted octanol–water partition coefficient (Wildman–Crippen LogP) is 2.12. The molecule has 0 atom stereocenters. The normalized spacial score (nSPS) is 10.2. The van der Waals surface area contributed by atoms with E-state index in [1.54, 1.807) is 12.1 Å². The molecular formula is C11H10N2O3S. The van der Waals surface area contributed by atoms with Gasteiger partial charge in [-0.05, 0) is 31.2 Å². The molecule has 1 heterocycles.